The van der Waals surface area contributed by atoms with E-state index in [1.165, 1.54) is 20.7 Å². The van der Waals surface area contributed by atoms with E-state index in [1.807, 2.05) is 0 Å². The Morgan fingerprint density at radius 2 is 0.800 bits per heavy atom. The zero-order valence-corrected chi connectivity index (χ0v) is 33.3. The van der Waals surface area contributed by atoms with E-state index in [0.29, 0.717) is 0 Å². The molecule has 240 valence electrons. The van der Waals surface area contributed by atoms with Gasteiger partial charge in [-0.25, -0.2) is 0 Å². The molecule has 7 heteroatoms. The molecule has 0 aromatic heterocycles. The molecular weight excluding hydrogens is 661 g/mol. The van der Waals surface area contributed by atoms with Gasteiger partial charge in [-0.05, 0) is 37.2 Å². The number of nitrogens with zero attached hydrogens (tertiary/aromatic N) is 1. The van der Waals surface area contributed by atoms with Crippen LogP contribution in [0.4, 0.5) is 0 Å². The van der Waals surface area contributed by atoms with E-state index >= 15 is 0 Å². The van der Waals surface area contributed by atoms with Crippen LogP contribution >= 0.6 is 33.2 Å². The van der Waals surface area contributed by atoms with E-state index in [-0.39, 0.29) is 15.7 Å². The fourth-order valence-electron chi connectivity index (χ4n) is 7.81. The highest BCUT2D eigenvalue weighted by molar-refractivity contribution is 7.65. The summed E-state index contributed by atoms with van der Waals surface area (Å²) in [7, 11) is -6.09. The SMILES string of the molecule is CCCCCC(N([Si](c1ccccc1)(c1ccccc1)C(C)(C)C)[Si](c1ccccc1)(c1ccccc1)C(C)(C)C)[Si](Cl)(Cl)Cl. The smallest absolute Gasteiger partial charge is 0.327 e. The van der Waals surface area contributed by atoms with Gasteiger partial charge in [0.2, 0.25) is 0 Å². The first-order valence-electron chi connectivity index (χ1n) is 16.3. The predicted molar refractivity (Wildman–Crippen MR) is 208 cm³/mol. The fraction of sp³-hybridized carbons (Fsp3) is 0.368. The van der Waals surface area contributed by atoms with Gasteiger partial charge in [0.05, 0.1) is 0 Å². The number of halogens is 3. The Morgan fingerprint density at radius 3 is 1.02 bits per heavy atom. The van der Waals surface area contributed by atoms with E-state index < -0.39 is 22.5 Å². The van der Waals surface area contributed by atoms with Crippen LogP contribution in [0.1, 0.15) is 74.1 Å². The first kappa shape index (κ1) is 36.2. The maximum atomic E-state index is 7.51. The predicted octanol–water partition coefficient (Wildman–Crippen LogP) is 9.55. The normalized spacial score (nSPS) is 14.0. The maximum absolute atomic E-state index is 7.51. The average Bonchev–Trinajstić information content (AvgIpc) is 3.00. The largest absolute Gasteiger partial charge is 0.356 e. The van der Waals surface area contributed by atoms with Crippen molar-refractivity contribution in [3.63, 3.8) is 0 Å². The number of unbranched alkanes of at least 4 members (excludes halogenated alkanes) is 2. The summed E-state index contributed by atoms with van der Waals surface area (Å²) < 4.78 is 3.00. The lowest BCUT2D eigenvalue weighted by Crippen LogP contribution is -2.90. The lowest BCUT2D eigenvalue weighted by atomic mass is 10.2. The molecule has 0 heterocycles. The molecule has 0 saturated carbocycles. The van der Waals surface area contributed by atoms with Crippen LogP contribution in [-0.2, 0) is 0 Å². The van der Waals surface area contributed by atoms with Crippen LogP contribution in [0.15, 0.2) is 121 Å². The van der Waals surface area contributed by atoms with Gasteiger partial charge in [0.25, 0.3) is 0 Å². The minimum Gasteiger partial charge on any atom is -0.327 e. The minimum absolute atomic E-state index is 0.184. The van der Waals surface area contributed by atoms with Gasteiger partial charge >= 0.3 is 6.00 Å². The zero-order valence-electron chi connectivity index (χ0n) is 28.0. The van der Waals surface area contributed by atoms with Gasteiger partial charge in [0, 0.05) is 5.67 Å². The molecular formula is C38H50Cl3NSi3. The van der Waals surface area contributed by atoms with Crippen LogP contribution in [-0.4, -0.2) is 32.4 Å². The zero-order chi connectivity index (χ0) is 32.9. The molecule has 0 fully saturated rings. The number of hydrogen-bond donors (Lipinski definition) is 0. The van der Waals surface area contributed by atoms with E-state index in [4.69, 9.17) is 33.2 Å². The van der Waals surface area contributed by atoms with Crippen LogP contribution in [0.3, 0.4) is 0 Å². The van der Waals surface area contributed by atoms with Crippen molar-refractivity contribution in [2.24, 2.45) is 0 Å². The highest BCUT2D eigenvalue weighted by atomic mass is 35.8. The lowest BCUT2D eigenvalue weighted by Gasteiger charge is -2.64. The first-order valence-corrected chi connectivity index (χ1v) is 25.3. The molecule has 4 rings (SSSR count). The minimum atomic E-state index is -3.40. The topological polar surface area (TPSA) is 3.24 Å². The molecule has 4 aromatic carbocycles. The van der Waals surface area contributed by atoms with Gasteiger partial charge in [-0.3, -0.25) is 0 Å². The number of rotatable bonds is 12. The summed E-state index contributed by atoms with van der Waals surface area (Å²) in [6, 6.07) is 41.6. The van der Waals surface area contributed by atoms with Crippen molar-refractivity contribution in [2.75, 3.05) is 0 Å². The molecule has 1 unspecified atom stereocenters. The first-order chi connectivity index (χ1) is 21.2. The van der Waals surface area contributed by atoms with Crippen LogP contribution < -0.4 is 20.7 Å². The Bertz CT molecular complexity index is 1290. The molecule has 0 spiro atoms. The molecule has 1 nitrogen and oxygen atoms in total. The molecule has 45 heavy (non-hydrogen) atoms. The van der Waals surface area contributed by atoms with Crippen molar-refractivity contribution in [1.82, 2.24) is 4.23 Å². The van der Waals surface area contributed by atoms with Crippen LogP contribution in [0.5, 0.6) is 0 Å². The second kappa shape index (κ2) is 14.6. The standard InChI is InChI=1S/C38H50Cl3NSi3/c1-8-9-14-31-36(45(39,40)41)42(43(37(2,3)4,32-23-15-10-16-24-32)33-25-17-11-18-26-33)44(38(5,6)7,34-27-19-12-20-28-34)35-29-21-13-22-30-35/h10-13,15-30,36H,8-9,14,31H2,1-7H3. The third-order valence-corrected chi connectivity index (χ3v) is 26.6. The third-order valence-electron chi connectivity index (χ3n) is 9.43. The molecule has 4 aromatic rings. The van der Waals surface area contributed by atoms with Crippen molar-refractivity contribution in [3.8, 4) is 0 Å². The summed E-state index contributed by atoms with van der Waals surface area (Å²) >= 11 is 22.5. The fourth-order valence-corrected chi connectivity index (χ4v) is 30.4. The monoisotopic (exact) mass is 709 g/mol. The van der Waals surface area contributed by atoms with Crippen molar-refractivity contribution in [3.05, 3.63) is 121 Å². The molecule has 0 aliphatic rings. The summed E-state index contributed by atoms with van der Waals surface area (Å²) in [6.07, 6.45) is 4.11. The highest BCUT2D eigenvalue weighted by Crippen LogP contribution is 2.50. The second-order valence-electron chi connectivity index (χ2n) is 14.3. The van der Waals surface area contributed by atoms with Crippen LogP contribution in [0.2, 0.25) is 10.1 Å². The molecule has 0 saturated heterocycles. The number of hydrogen-bond acceptors (Lipinski definition) is 1. The van der Waals surface area contributed by atoms with Crippen molar-refractivity contribution < 1.29 is 0 Å². The van der Waals surface area contributed by atoms with Gasteiger partial charge in [0.15, 0.2) is 16.5 Å². The van der Waals surface area contributed by atoms with E-state index in [9.17, 15) is 0 Å². The molecule has 0 amide bonds. The molecule has 0 bridgehead atoms. The van der Waals surface area contributed by atoms with Crippen molar-refractivity contribution in [2.45, 2.75) is 89.9 Å². The Hall–Kier alpha value is -1.64. The van der Waals surface area contributed by atoms with Crippen LogP contribution in [0, 0.1) is 0 Å². The quantitative estimate of drug-likeness (QED) is 0.0805. The van der Waals surface area contributed by atoms with Crippen LogP contribution in [0.25, 0.3) is 0 Å². The summed E-state index contributed by atoms with van der Waals surface area (Å²) in [4.78, 5) is 0. The van der Waals surface area contributed by atoms with Gasteiger partial charge < -0.3 is 4.23 Å². The Balaban J connectivity index is 2.38. The Labute approximate surface area is 290 Å². The third kappa shape index (κ3) is 6.99. The van der Waals surface area contributed by atoms with Gasteiger partial charge in [0.1, 0.15) is 0 Å². The van der Waals surface area contributed by atoms with Gasteiger partial charge in [-0.2, -0.15) is 0 Å². The molecule has 1 atom stereocenters. The average molecular weight is 711 g/mol. The molecule has 0 aliphatic heterocycles. The summed E-state index contributed by atoms with van der Waals surface area (Å²) in [5.74, 6) is 0. The van der Waals surface area contributed by atoms with Gasteiger partial charge in [-0.15, -0.1) is 33.2 Å². The van der Waals surface area contributed by atoms with Crippen molar-refractivity contribution in [1.29, 1.82) is 0 Å². The molecule has 0 aliphatic carbocycles. The Kier molecular flexibility index (Phi) is 11.8. The summed E-state index contributed by atoms with van der Waals surface area (Å²) in [6.45, 7) is 16.9. The van der Waals surface area contributed by atoms with Gasteiger partial charge in [-0.1, -0.05) is 189 Å². The maximum Gasteiger partial charge on any atom is 0.356 e. The Morgan fingerprint density at radius 1 is 0.511 bits per heavy atom. The van der Waals surface area contributed by atoms with E-state index in [2.05, 4.69) is 174 Å². The molecule has 0 N–H and O–H groups in total. The number of benzene rings is 4. The van der Waals surface area contributed by atoms with E-state index in [0.717, 1.165) is 25.7 Å². The highest BCUT2D eigenvalue weighted by Gasteiger charge is 2.67. The summed E-state index contributed by atoms with van der Waals surface area (Å²) in [5.41, 5.74) is -0.202. The van der Waals surface area contributed by atoms with E-state index in [1.54, 1.807) is 0 Å². The molecule has 0 radical (unpaired) electrons. The second-order valence-corrected chi connectivity index (χ2v) is 32.7. The lowest BCUT2D eigenvalue weighted by molar-refractivity contribution is 0.461. The van der Waals surface area contributed by atoms with Crippen molar-refractivity contribution >= 4 is 76.5 Å². The summed E-state index contributed by atoms with van der Waals surface area (Å²) in [5, 5.41) is 5.08.